The van der Waals surface area contributed by atoms with Gasteiger partial charge in [-0.05, 0) is 48.2 Å². The lowest BCUT2D eigenvalue weighted by Gasteiger charge is -2.32. The molecule has 0 atom stereocenters. The predicted octanol–water partition coefficient (Wildman–Crippen LogP) is 5.26. The van der Waals surface area contributed by atoms with Crippen molar-refractivity contribution in [2.75, 3.05) is 11.4 Å². The van der Waals surface area contributed by atoms with Crippen LogP contribution >= 0.6 is 23.2 Å². The van der Waals surface area contributed by atoms with Gasteiger partial charge in [0.05, 0.1) is 0 Å². The Morgan fingerprint density at radius 3 is 2.70 bits per heavy atom. The van der Waals surface area contributed by atoms with Gasteiger partial charge in [-0.1, -0.05) is 35.3 Å². The van der Waals surface area contributed by atoms with Crippen LogP contribution in [0.25, 0.3) is 0 Å². The predicted molar refractivity (Wildman–Crippen MR) is 110 cm³/mol. The highest BCUT2D eigenvalue weighted by atomic mass is 35.5. The van der Waals surface area contributed by atoms with Crippen LogP contribution in [-0.2, 0) is 26.6 Å². The minimum atomic E-state index is 0.458. The van der Waals surface area contributed by atoms with E-state index in [0.29, 0.717) is 11.6 Å². The highest BCUT2D eigenvalue weighted by molar-refractivity contribution is 6.35. The van der Waals surface area contributed by atoms with Crippen molar-refractivity contribution in [1.29, 1.82) is 0 Å². The van der Waals surface area contributed by atoms with Crippen molar-refractivity contribution in [3.8, 4) is 5.75 Å². The third kappa shape index (κ3) is 4.07. The highest BCUT2D eigenvalue weighted by Gasteiger charge is 2.20. The molecule has 0 radical (unpaired) electrons. The summed E-state index contributed by atoms with van der Waals surface area (Å²) in [4.78, 5) is 6.62. The number of ether oxygens (including phenoxy) is 1. The second kappa shape index (κ2) is 7.83. The van der Waals surface area contributed by atoms with E-state index >= 15 is 0 Å². The van der Waals surface area contributed by atoms with Crippen LogP contribution < -0.4 is 9.64 Å². The summed E-state index contributed by atoms with van der Waals surface area (Å²) in [6, 6.07) is 12.1. The number of rotatable bonds is 5. The van der Waals surface area contributed by atoms with E-state index in [9.17, 15) is 0 Å². The molecule has 3 aromatic rings. The molecule has 2 aromatic carbocycles. The van der Waals surface area contributed by atoms with Gasteiger partial charge in [0.1, 0.15) is 18.2 Å². The average molecular weight is 402 g/mol. The molecule has 0 unspecified atom stereocenters. The van der Waals surface area contributed by atoms with Crippen LogP contribution in [0.3, 0.4) is 0 Å². The number of halogens is 2. The first-order valence-corrected chi connectivity index (χ1v) is 9.76. The fourth-order valence-electron chi connectivity index (χ4n) is 3.45. The molecule has 4 rings (SSSR count). The van der Waals surface area contributed by atoms with E-state index in [1.165, 1.54) is 11.1 Å². The van der Waals surface area contributed by atoms with E-state index in [2.05, 4.69) is 22.0 Å². The number of benzene rings is 2. The molecule has 1 aliphatic heterocycles. The number of fused-ring (bicyclic) bond motifs is 1. The van der Waals surface area contributed by atoms with Crippen LogP contribution in [0.2, 0.25) is 10.0 Å². The summed E-state index contributed by atoms with van der Waals surface area (Å²) in [7, 11) is 1.96. The molecule has 27 heavy (non-hydrogen) atoms. The molecule has 0 saturated carbocycles. The standard InChI is InChI=1S/C21H21Cl2N3O/c1-25-10-8-24-21(25)14-27-17-6-4-15(5-7-17)13-26-9-2-3-18-19(23)11-16(22)12-20(18)26/h4-8,10-12H,2-3,9,13-14H2,1H3. The lowest BCUT2D eigenvalue weighted by molar-refractivity contribution is 0.291. The van der Waals surface area contributed by atoms with Gasteiger partial charge in [0, 0.05) is 48.3 Å². The Labute approximate surface area is 169 Å². The first-order valence-electron chi connectivity index (χ1n) is 9.01. The Hall–Kier alpha value is -2.17. The quantitative estimate of drug-likeness (QED) is 0.583. The average Bonchev–Trinajstić information content (AvgIpc) is 3.07. The fraction of sp³-hybridized carbons (Fsp3) is 0.286. The summed E-state index contributed by atoms with van der Waals surface area (Å²) >= 11 is 12.6. The van der Waals surface area contributed by atoms with E-state index in [0.717, 1.165) is 48.2 Å². The van der Waals surface area contributed by atoms with E-state index in [4.69, 9.17) is 27.9 Å². The molecule has 0 fully saturated rings. The lowest BCUT2D eigenvalue weighted by atomic mass is 10.0. The minimum absolute atomic E-state index is 0.458. The number of aromatic nitrogens is 2. The van der Waals surface area contributed by atoms with Crippen LogP contribution in [-0.4, -0.2) is 16.1 Å². The highest BCUT2D eigenvalue weighted by Crippen LogP contribution is 2.36. The topological polar surface area (TPSA) is 30.3 Å². The second-order valence-corrected chi connectivity index (χ2v) is 7.64. The number of hydrogen-bond acceptors (Lipinski definition) is 3. The summed E-state index contributed by atoms with van der Waals surface area (Å²) in [5, 5.41) is 1.45. The monoisotopic (exact) mass is 401 g/mol. The van der Waals surface area contributed by atoms with Gasteiger partial charge >= 0.3 is 0 Å². The van der Waals surface area contributed by atoms with E-state index in [1.807, 2.05) is 42.1 Å². The molecular weight excluding hydrogens is 381 g/mol. The summed E-state index contributed by atoms with van der Waals surface area (Å²) in [5.74, 6) is 1.74. The SMILES string of the molecule is Cn1ccnc1COc1ccc(CN2CCCc3c(Cl)cc(Cl)cc32)cc1. The van der Waals surface area contributed by atoms with Gasteiger partial charge in [0.15, 0.2) is 0 Å². The molecule has 0 spiro atoms. The van der Waals surface area contributed by atoms with Crippen LogP contribution in [0, 0.1) is 0 Å². The molecule has 0 saturated heterocycles. The Balaban J connectivity index is 1.44. The largest absolute Gasteiger partial charge is 0.486 e. The van der Waals surface area contributed by atoms with Gasteiger partial charge in [-0.3, -0.25) is 0 Å². The van der Waals surface area contributed by atoms with Crippen molar-refractivity contribution in [3.05, 3.63) is 75.8 Å². The first-order chi connectivity index (χ1) is 13.1. The fourth-order valence-corrected chi connectivity index (χ4v) is 4.02. The Morgan fingerprint density at radius 2 is 1.96 bits per heavy atom. The summed E-state index contributed by atoms with van der Waals surface area (Å²) in [6.07, 6.45) is 5.79. The third-order valence-corrected chi connectivity index (χ3v) is 5.47. The zero-order valence-corrected chi connectivity index (χ0v) is 16.7. The van der Waals surface area contributed by atoms with Gasteiger partial charge in [-0.2, -0.15) is 0 Å². The van der Waals surface area contributed by atoms with Gasteiger partial charge in [-0.15, -0.1) is 0 Å². The molecule has 140 valence electrons. The maximum atomic E-state index is 6.39. The number of anilines is 1. The van der Waals surface area contributed by atoms with Gasteiger partial charge in [0.25, 0.3) is 0 Å². The Kier molecular flexibility index (Phi) is 5.28. The summed E-state index contributed by atoms with van der Waals surface area (Å²) in [5.41, 5.74) is 3.57. The molecule has 0 aliphatic carbocycles. The zero-order chi connectivity index (χ0) is 18.8. The molecule has 6 heteroatoms. The smallest absolute Gasteiger partial charge is 0.146 e. The van der Waals surface area contributed by atoms with Gasteiger partial charge in [-0.25, -0.2) is 4.98 Å². The number of hydrogen-bond donors (Lipinski definition) is 0. The number of nitrogens with zero attached hydrogens (tertiary/aromatic N) is 3. The van der Waals surface area contributed by atoms with Crippen molar-refractivity contribution in [1.82, 2.24) is 9.55 Å². The molecule has 0 amide bonds. The second-order valence-electron chi connectivity index (χ2n) is 6.80. The zero-order valence-electron chi connectivity index (χ0n) is 15.2. The molecule has 0 bridgehead atoms. The van der Waals surface area contributed by atoms with Crippen LogP contribution in [0.4, 0.5) is 5.69 Å². The Bertz CT molecular complexity index is 937. The van der Waals surface area contributed by atoms with E-state index < -0.39 is 0 Å². The maximum absolute atomic E-state index is 6.39. The molecule has 1 aromatic heterocycles. The molecule has 4 nitrogen and oxygen atoms in total. The Morgan fingerprint density at radius 1 is 1.15 bits per heavy atom. The lowest BCUT2D eigenvalue weighted by Crippen LogP contribution is -2.29. The molecule has 2 heterocycles. The van der Waals surface area contributed by atoms with Gasteiger partial charge in [0.2, 0.25) is 0 Å². The van der Waals surface area contributed by atoms with E-state index in [1.54, 1.807) is 6.20 Å². The van der Waals surface area contributed by atoms with Crippen LogP contribution in [0.15, 0.2) is 48.8 Å². The first kappa shape index (κ1) is 18.2. The molecular formula is C21H21Cl2N3O. The third-order valence-electron chi connectivity index (χ3n) is 4.92. The van der Waals surface area contributed by atoms with Gasteiger partial charge < -0.3 is 14.2 Å². The summed E-state index contributed by atoms with van der Waals surface area (Å²) < 4.78 is 7.79. The molecule has 1 aliphatic rings. The maximum Gasteiger partial charge on any atom is 0.146 e. The number of imidazole rings is 1. The number of aryl methyl sites for hydroxylation is 1. The van der Waals surface area contributed by atoms with Crippen LogP contribution in [0.5, 0.6) is 5.75 Å². The van der Waals surface area contributed by atoms with E-state index in [-0.39, 0.29) is 0 Å². The van der Waals surface area contributed by atoms with Crippen molar-refractivity contribution in [2.45, 2.75) is 26.0 Å². The van der Waals surface area contributed by atoms with Crippen molar-refractivity contribution in [3.63, 3.8) is 0 Å². The van der Waals surface area contributed by atoms with Crippen molar-refractivity contribution in [2.24, 2.45) is 7.05 Å². The minimum Gasteiger partial charge on any atom is -0.486 e. The van der Waals surface area contributed by atoms with Crippen LogP contribution in [0.1, 0.15) is 23.4 Å². The summed E-state index contributed by atoms with van der Waals surface area (Å²) in [6.45, 7) is 2.28. The van der Waals surface area contributed by atoms with Crippen molar-refractivity contribution >= 4 is 28.9 Å². The van der Waals surface area contributed by atoms with Crippen molar-refractivity contribution < 1.29 is 4.74 Å². The molecule has 0 N–H and O–H groups in total. The normalized spacial score (nSPS) is 13.5.